The maximum Gasteiger partial charge on any atom is 0.389 e. The van der Waals surface area contributed by atoms with E-state index in [0.29, 0.717) is 5.69 Å². The summed E-state index contributed by atoms with van der Waals surface area (Å²) in [5.41, 5.74) is 6.41. The van der Waals surface area contributed by atoms with Crippen LogP contribution in [0.5, 0.6) is 0 Å². The Bertz CT molecular complexity index is 558. The van der Waals surface area contributed by atoms with Crippen molar-refractivity contribution < 1.29 is 13.2 Å². The van der Waals surface area contributed by atoms with Gasteiger partial charge in [-0.05, 0) is 42.5 Å². The number of unbranched alkanes of at least 4 members (excludes halogenated alkanes) is 3. The summed E-state index contributed by atoms with van der Waals surface area (Å²) in [4.78, 5) is 2.35. The summed E-state index contributed by atoms with van der Waals surface area (Å²) in [6.45, 7) is 4.79. The van der Waals surface area contributed by atoms with Crippen molar-refractivity contribution in [2.45, 2.75) is 50.6 Å². The Morgan fingerprint density at radius 2 is 1.88 bits per heavy atom. The van der Waals surface area contributed by atoms with Crippen molar-refractivity contribution in [1.29, 1.82) is 0 Å². The number of fused-ring (bicyclic) bond motifs is 1. The zero-order valence-electron chi connectivity index (χ0n) is 14.3. The molecule has 5 heteroatoms. The molecule has 1 aromatic rings. The van der Waals surface area contributed by atoms with Gasteiger partial charge < -0.3 is 10.6 Å². The summed E-state index contributed by atoms with van der Waals surface area (Å²) in [6, 6.07) is 7.09. The van der Waals surface area contributed by atoms with Gasteiger partial charge in [-0.2, -0.15) is 13.2 Å². The van der Waals surface area contributed by atoms with Crippen molar-refractivity contribution in [3.8, 4) is 0 Å². The van der Waals surface area contributed by atoms with Crippen LogP contribution in [-0.4, -0.2) is 30.7 Å². The van der Waals surface area contributed by atoms with E-state index in [2.05, 4.69) is 11.8 Å². The van der Waals surface area contributed by atoms with Gasteiger partial charge in [-0.15, -0.1) is 0 Å². The number of piperidine rings is 1. The van der Waals surface area contributed by atoms with Crippen LogP contribution in [0.15, 0.2) is 24.3 Å². The van der Waals surface area contributed by atoms with Crippen LogP contribution in [0.4, 0.5) is 18.9 Å². The molecule has 2 fully saturated rings. The third-order valence-electron chi connectivity index (χ3n) is 5.85. The first-order valence-electron chi connectivity index (χ1n) is 9.02. The number of likely N-dealkylation sites (tertiary alicyclic amines) is 1. The van der Waals surface area contributed by atoms with Crippen molar-refractivity contribution >= 4 is 5.69 Å². The summed E-state index contributed by atoms with van der Waals surface area (Å²) in [6.07, 6.45) is -0.0518. The van der Waals surface area contributed by atoms with Crippen molar-refractivity contribution in [1.82, 2.24) is 4.90 Å². The van der Waals surface area contributed by atoms with Crippen molar-refractivity contribution in [3.63, 3.8) is 0 Å². The van der Waals surface area contributed by atoms with E-state index >= 15 is 0 Å². The van der Waals surface area contributed by atoms with Crippen LogP contribution in [0.3, 0.4) is 0 Å². The van der Waals surface area contributed by atoms with E-state index in [1.807, 2.05) is 6.07 Å². The van der Waals surface area contributed by atoms with Gasteiger partial charge in [0.15, 0.2) is 0 Å². The molecule has 0 bridgehead atoms. The average Bonchev–Trinajstić information content (AvgIpc) is 2.89. The zero-order valence-corrected chi connectivity index (χ0v) is 14.3. The number of anilines is 1. The second-order valence-corrected chi connectivity index (χ2v) is 7.49. The Kier molecular flexibility index (Phi) is 4.82. The molecule has 2 nitrogen and oxygen atoms in total. The number of hydrogen-bond donors (Lipinski definition) is 1. The first-order valence-corrected chi connectivity index (χ1v) is 9.02. The Morgan fingerprint density at radius 1 is 1.17 bits per heavy atom. The quantitative estimate of drug-likeness (QED) is 0.580. The van der Waals surface area contributed by atoms with E-state index in [1.54, 1.807) is 18.2 Å². The Morgan fingerprint density at radius 3 is 2.46 bits per heavy atom. The minimum Gasteiger partial charge on any atom is -0.399 e. The fourth-order valence-electron chi connectivity index (χ4n) is 4.71. The molecule has 0 aromatic heterocycles. The molecule has 1 saturated heterocycles. The Hall–Kier alpha value is -1.23. The van der Waals surface area contributed by atoms with Crippen LogP contribution in [0.25, 0.3) is 0 Å². The third-order valence-corrected chi connectivity index (χ3v) is 5.85. The lowest BCUT2D eigenvalue weighted by Gasteiger charge is -2.28. The fraction of sp³-hybridized carbons (Fsp3) is 0.684. The topological polar surface area (TPSA) is 29.3 Å². The minimum atomic E-state index is -4.14. The molecular weight excluding hydrogens is 313 g/mol. The van der Waals surface area contributed by atoms with Gasteiger partial charge in [0.2, 0.25) is 0 Å². The maximum atomic E-state index is 13.2. The lowest BCUT2D eigenvalue weighted by molar-refractivity contribution is -0.143. The predicted molar refractivity (Wildman–Crippen MR) is 90.8 cm³/mol. The van der Waals surface area contributed by atoms with Crippen LogP contribution in [0.1, 0.15) is 44.6 Å². The van der Waals surface area contributed by atoms with Crippen molar-refractivity contribution in [2.75, 3.05) is 25.4 Å². The van der Waals surface area contributed by atoms with Gasteiger partial charge in [-0.3, -0.25) is 0 Å². The molecule has 2 N–H and O–H groups in total. The number of alkyl halides is 3. The van der Waals surface area contributed by atoms with Crippen LogP contribution >= 0.6 is 0 Å². The van der Waals surface area contributed by atoms with Gasteiger partial charge in [0.05, 0.1) is 6.42 Å². The summed E-state index contributed by atoms with van der Waals surface area (Å²) < 4.78 is 39.7. The monoisotopic (exact) mass is 340 g/mol. The second kappa shape index (κ2) is 6.58. The van der Waals surface area contributed by atoms with Crippen LogP contribution in [-0.2, 0) is 5.41 Å². The van der Waals surface area contributed by atoms with E-state index in [0.717, 1.165) is 31.6 Å². The molecule has 1 aromatic carbocycles. The third kappa shape index (κ3) is 3.41. The van der Waals surface area contributed by atoms with Gasteiger partial charge in [0.25, 0.3) is 0 Å². The molecule has 24 heavy (non-hydrogen) atoms. The summed E-state index contributed by atoms with van der Waals surface area (Å²) in [5, 5.41) is 0. The minimum absolute atomic E-state index is 0.118. The van der Waals surface area contributed by atoms with Crippen LogP contribution in [0.2, 0.25) is 0 Å². The molecular formula is C19H27F3N2. The maximum absolute atomic E-state index is 13.2. The van der Waals surface area contributed by atoms with Gasteiger partial charge in [-0.25, -0.2) is 0 Å². The number of nitrogen functional groups attached to an aromatic ring is 1. The van der Waals surface area contributed by atoms with Crippen molar-refractivity contribution in [3.05, 3.63) is 29.8 Å². The number of rotatable bonds is 7. The zero-order chi connectivity index (χ0) is 17.4. The first kappa shape index (κ1) is 17.6. The van der Waals surface area contributed by atoms with E-state index in [9.17, 15) is 13.2 Å². The molecule has 2 aliphatic rings. The highest BCUT2D eigenvalue weighted by Gasteiger charge is 2.70. The molecule has 2 unspecified atom stereocenters. The molecule has 1 aliphatic carbocycles. The molecule has 1 aliphatic heterocycles. The molecule has 0 amide bonds. The fourth-order valence-corrected chi connectivity index (χ4v) is 4.71. The molecule has 3 rings (SSSR count). The molecule has 134 valence electrons. The normalized spacial score (nSPS) is 29.7. The standard InChI is InChI=1S/C19H27F3N2/c1-2-3-4-5-9-24-11-16-17(12-24)18(16,13-19(20,21)22)14-7-6-8-15(23)10-14/h6-8,10,16-17H,2-5,9,11-13,23H2,1H3. The van der Waals surface area contributed by atoms with Gasteiger partial charge in [0.1, 0.15) is 0 Å². The molecule has 0 spiro atoms. The van der Waals surface area contributed by atoms with E-state index in [-0.39, 0.29) is 11.8 Å². The lowest BCUT2D eigenvalue weighted by atomic mass is 9.86. The number of hydrogen-bond acceptors (Lipinski definition) is 2. The SMILES string of the molecule is CCCCCCN1CC2C(C1)C2(CC(F)(F)F)c1cccc(N)c1. The van der Waals surface area contributed by atoms with Gasteiger partial charge in [-0.1, -0.05) is 38.3 Å². The van der Waals surface area contributed by atoms with Crippen LogP contribution in [0, 0.1) is 11.8 Å². The van der Waals surface area contributed by atoms with E-state index in [1.165, 1.54) is 19.3 Å². The number of benzene rings is 1. The largest absolute Gasteiger partial charge is 0.399 e. The smallest absolute Gasteiger partial charge is 0.389 e. The highest BCUT2D eigenvalue weighted by Crippen LogP contribution is 2.67. The van der Waals surface area contributed by atoms with E-state index in [4.69, 9.17) is 5.73 Å². The predicted octanol–water partition coefficient (Wildman–Crippen LogP) is 4.60. The molecule has 0 radical (unpaired) electrons. The Labute approximate surface area is 142 Å². The van der Waals surface area contributed by atoms with E-state index < -0.39 is 18.0 Å². The van der Waals surface area contributed by atoms with Crippen molar-refractivity contribution in [2.24, 2.45) is 11.8 Å². The first-order chi connectivity index (χ1) is 11.4. The van der Waals surface area contributed by atoms with Crippen LogP contribution < -0.4 is 5.73 Å². The second-order valence-electron chi connectivity index (χ2n) is 7.49. The summed E-state index contributed by atoms with van der Waals surface area (Å²) in [7, 11) is 0. The molecule has 2 atom stereocenters. The highest BCUT2D eigenvalue weighted by molar-refractivity contribution is 5.48. The summed E-state index contributed by atoms with van der Waals surface area (Å²) >= 11 is 0. The van der Waals surface area contributed by atoms with Gasteiger partial charge >= 0.3 is 6.18 Å². The molecule has 1 saturated carbocycles. The average molecular weight is 340 g/mol. The number of halogens is 3. The number of nitrogens with zero attached hydrogens (tertiary/aromatic N) is 1. The molecule has 1 heterocycles. The lowest BCUT2D eigenvalue weighted by Crippen LogP contribution is -2.34. The van der Waals surface area contributed by atoms with Gasteiger partial charge in [0, 0.05) is 24.2 Å². The summed E-state index contributed by atoms with van der Waals surface area (Å²) in [5.74, 6) is 0.235. The Balaban J connectivity index is 1.68. The number of nitrogens with two attached hydrogens (primary N) is 1. The highest BCUT2D eigenvalue weighted by atomic mass is 19.4.